The van der Waals surface area contributed by atoms with E-state index < -0.39 is 11.9 Å². The number of carbonyl (C=O) groups is 2. The number of hydrogen-bond acceptors (Lipinski definition) is 5. The molecule has 2 rings (SSSR count). The fourth-order valence-corrected chi connectivity index (χ4v) is 1.97. The van der Waals surface area contributed by atoms with E-state index >= 15 is 0 Å². The number of anilines is 1. The quantitative estimate of drug-likeness (QED) is 0.891. The molecule has 0 radical (unpaired) electrons. The van der Waals surface area contributed by atoms with Crippen molar-refractivity contribution in [2.75, 3.05) is 5.32 Å². The minimum atomic E-state index is -0.625. The van der Waals surface area contributed by atoms with Gasteiger partial charge in [0.1, 0.15) is 4.88 Å². The summed E-state index contributed by atoms with van der Waals surface area (Å²) in [6.45, 7) is 1.65. The van der Waals surface area contributed by atoms with E-state index in [1.165, 1.54) is 0 Å². The Morgan fingerprint density at radius 1 is 1.26 bits per heavy atom. The zero-order chi connectivity index (χ0) is 13.8. The Kier molecular flexibility index (Phi) is 4.08. The monoisotopic (exact) mass is 296 g/mol. The van der Waals surface area contributed by atoms with Crippen LogP contribution in [-0.2, 0) is 0 Å². The van der Waals surface area contributed by atoms with Gasteiger partial charge in [0.15, 0.2) is 0 Å². The Bertz CT molecular complexity index is 611. The second-order valence-corrected chi connectivity index (χ2v) is 4.79. The van der Waals surface area contributed by atoms with Gasteiger partial charge < -0.3 is 5.32 Å². The van der Waals surface area contributed by atoms with Gasteiger partial charge in [-0.15, -0.1) is 5.10 Å². The van der Waals surface area contributed by atoms with Crippen molar-refractivity contribution in [1.29, 1.82) is 0 Å². The Morgan fingerprint density at radius 2 is 1.95 bits per heavy atom. The molecule has 1 heterocycles. The fourth-order valence-electron chi connectivity index (χ4n) is 1.30. The number of rotatable bonds is 2. The summed E-state index contributed by atoms with van der Waals surface area (Å²) in [5.74, 6) is -0.529. The molecule has 2 aromatic rings. The normalized spacial score (nSPS) is 10.0. The first-order valence-corrected chi connectivity index (χ1v) is 6.38. The molecule has 0 aliphatic rings. The van der Waals surface area contributed by atoms with Crippen LogP contribution in [0, 0.1) is 6.92 Å². The van der Waals surface area contributed by atoms with Crippen molar-refractivity contribution in [3.63, 3.8) is 0 Å². The average molecular weight is 297 g/mol. The van der Waals surface area contributed by atoms with Crippen molar-refractivity contribution < 1.29 is 9.59 Å². The summed E-state index contributed by atoms with van der Waals surface area (Å²) in [5, 5.41) is 8.97. The summed E-state index contributed by atoms with van der Waals surface area (Å²) in [6, 6.07) is 5.91. The van der Waals surface area contributed by atoms with Crippen molar-refractivity contribution >= 4 is 40.8 Å². The third-order valence-corrected chi connectivity index (χ3v) is 3.27. The summed E-state index contributed by atoms with van der Waals surface area (Å²) < 4.78 is 3.63. The SMILES string of the molecule is Cc1nnsc1C(=O)NC(=O)Nc1ccc(Cl)cc1. The number of imide groups is 1. The molecule has 0 saturated heterocycles. The lowest BCUT2D eigenvalue weighted by molar-refractivity contribution is 0.0970. The molecule has 8 heteroatoms. The van der Waals surface area contributed by atoms with Crippen molar-refractivity contribution in [2.24, 2.45) is 0 Å². The number of aryl methyl sites for hydroxylation is 1. The number of urea groups is 1. The largest absolute Gasteiger partial charge is 0.326 e. The molecule has 0 unspecified atom stereocenters. The number of nitrogens with one attached hydrogen (secondary N) is 2. The molecule has 0 bridgehead atoms. The minimum Gasteiger partial charge on any atom is -0.308 e. The van der Waals surface area contributed by atoms with Crippen LogP contribution in [-0.4, -0.2) is 21.5 Å². The summed E-state index contributed by atoms with van der Waals surface area (Å²) in [7, 11) is 0. The summed E-state index contributed by atoms with van der Waals surface area (Å²) in [6.07, 6.45) is 0. The van der Waals surface area contributed by atoms with Gasteiger partial charge in [0.2, 0.25) is 0 Å². The lowest BCUT2D eigenvalue weighted by Crippen LogP contribution is -2.34. The topological polar surface area (TPSA) is 84.0 Å². The molecule has 0 aliphatic heterocycles. The predicted octanol–water partition coefficient (Wildman–Crippen LogP) is 2.46. The van der Waals surface area contributed by atoms with Gasteiger partial charge >= 0.3 is 6.03 Å². The highest BCUT2D eigenvalue weighted by Gasteiger charge is 2.15. The number of aromatic nitrogens is 2. The summed E-state index contributed by atoms with van der Waals surface area (Å²) in [4.78, 5) is 23.6. The van der Waals surface area contributed by atoms with Gasteiger partial charge in [-0.05, 0) is 42.7 Å². The molecule has 0 fully saturated rings. The molecule has 3 amide bonds. The van der Waals surface area contributed by atoms with Gasteiger partial charge in [0, 0.05) is 10.7 Å². The zero-order valence-electron chi connectivity index (χ0n) is 9.81. The summed E-state index contributed by atoms with van der Waals surface area (Å²) >= 11 is 6.66. The van der Waals surface area contributed by atoms with Crippen LogP contribution in [0.2, 0.25) is 5.02 Å². The van der Waals surface area contributed by atoms with Crippen LogP contribution in [0.25, 0.3) is 0 Å². The van der Waals surface area contributed by atoms with E-state index in [9.17, 15) is 9.59 Å². The lowest BCUT2D eigenvalue weighted by atomic mass is 10.3. The number of hydrogen-bond donors (Lipinski definition) is 2. The molecule has 98 valence electrons. The average Bonchev–Trinajstić information content (AvgIpc) is 2.78. The maximum absolute atomic E-state index is 11.7. The highest BCUT2D eigenvalue weighted by molar-refractivity contribution is 7.08. The van der Waals surface area contributed by atoms with Gasteiger partial charge in [0.25, 0.3) is 5.91 Å². The second kappa shape index (κ2) is 5.77. The van der Waals surface area contributed by atoms with E-state index in [1.54, 1.807) is 31.2 Å². The fraction of sp³-hybridized carbons (Fsp3) is 0.0909. The van der Waals surface area contributed by atoms with Gasteiger partial charge in [-0.1, -0.05) is 16.1 Å². The number of nitrogens with zero attached hydrogens (tertiary/aromatic N) is 2. The van der Waals surface area contributed by atoms with Crippen molar-refractivity contribution in [3.05, 3.63) is 39.9 Å². The molecule has 2 N–H and O–H groups in total. The first kappa shape index (κ1) is 13.4. The van der Waals surface area contributed by atoms with Crippen LogP contribution in [0.5, 0.6) is 0 Å². The van der Waals surface area contributed by atoms with E-state index in [2.05, 4.69) is 20.2 Å². The van der Waals surface area contributed by atoms with Crippen molar-refractivity contribution in [3.8, 4) is 0 Å². The van der Waals surface area contributed by atoms with Crippen LogP contribution >= 0.6 is 23.1 Å². The highest BCUT2D eigenvalue weighted by Crippen LogP contribution is 2.13. The molecule has 0 spiro atoms. The zero-order valence-corrected chi connectivity index (χ0v) is 11.4. The van der Waals surface area contributed by atoms with Gasteiger partial charge in [-0.3, -0.25) is 10.1 Å². The second-order valence-electron chi connectivity index (χ2n) is 3.60. The molecule has 0 saturated carbocycles. The number of halogens is 1. The van der Waals surface area contributed by atoms with E-state index in [-0.39, 0.29) is 0 Å². The van der Waals surface area contributed by atoms with Gasteiger partial charge in [-0.25, -0.2) is 4.79 Å². The number of benzene rings is 1. The minimum absolute atomic E-state index is 0.311. The van der Waals surface area contributed by atoms with Crippen LogP contribution in [0.3, 0.4) is 0 Å². The smallest absolute Gasteiger partial charge is 0.308 e. The Labute approximate surface area is 117 Å². The van der Waals surface area contributed by atoms with Crippen molar-refractivity contribution in [2.45, 2.75) is 6.92 Å². The highest BCUT2D eigenvalue weighted by atomic mass is 35.5. The summed E-state index contributed by atoms with van der Waals surface area (Å²) in [5.41, 5.74) is 1.02. The Hall–Kier alpha value is -1.99. The van der Waals surface area contributed by atoms with E-state index in [0.29, 0.717) is 21.3 Å². The maximum atomic E-state index is 11.7. The first-order valence-electron chi connectivity index (χ1n) is 5.23. The molecule has 6 nitrogen and oxygen atoms in total. The van der Waals surface area contributed by atoms with Crippen molar-refractivity contribution in [1.82, 2.24) is 14.9 Å². The van der Waals surface area contributed by atoms with Crippen LogP contribution < -0.4 is 10.6 Å². The Morgan fingerprint density at radius 3 is 2.53 bits per heavy atom. The third kappa shape index (κ3) is 3.49. The molecule has 0 atom stereocenters. The standard InChI is InChI=1S/C11H9ClN4O2S/c1-6-9(19-16-15-6)10(17)14-11(18)13-8-4-2-7(12)3-5-8/h2-5H,1H3,(H2,13,14,17,18). The van der Waals surface area contributed by atoms with Gasteiger partial charge in [0.05, 0.1) is 5.69 Å². The number of amides is 3. The maximum Gasteiger partial charge on any atom is 0.326 e. The molecule has 0 aliphatic carbocycles. The molecular weight excluding hydrogens is 288 g/mol. The third-order valence-electron chi connectivity index (χ3n) is 2.19. The van der Waals surface area contributed by atoms with E-state index in [4.69, 9.17) is 11.6 Å². The molecule has 1 aromatic heterocycles. The molecular formula is C11H9ClN4O2S. The number of carbonyl (C=O) groups excluding carboxylic acids is 2. The molecule has 19 heavy (non-hydrogen) atoms. The lowest BCUT2D eigenvalue weighted by Gasteiger charge is -2.05. The van der Waals surface area contributed by atoms with E-state index in [1.807, 2.05) is 0 Å². The van der Waals surface area contributed by atoms with Gasteiger partial charge in [-0.2, -0.15) is 0 Å². The molecule has 1 aromatic carbocycles. The Balaban J connectivity index is 1.96. The van der Waals surface area contributed by atoms with Crippen LogP contribution in [0.4, 0.5) is 10.5 Å². The predicted molar refractivity (Wildman–Crippen MR) is 72.6 cm³/mol. The van der Waals surface area contributed by atoms with E-state index in [0.717, 1.165) is 11.5 Å². The van der Waals surface area contributed by atoms with Crippen LogP contribution in [0.15, 0.2) is 24.3 Å². The first-order chi connectivity index (χ1) is 9.06. The van der Waals surface area contributed by atoms with Crippen LogP contribution in [0.1, 0.15) is 15.4 Å².